The Morgan fingerprint density at radius 1 is 1.03 bits per heavy atom. The zero-order valence-electron chi connectivity index (χ0n) is 18.9. The number of hydrogen-bond donors (Lipinski definition) is 2. The summed E-state index contributed by atoms with van der Waals surface area (Å²) >= 11 is 0. The molecule has 0 bridgehead atoms. The first-order chi connectivity index (χ1) is 16.1. The Morgan fingerprint density at radius 2 is 1.85 bits per heavy atom. The van der Waals surface area contributed by atoms with Gasteiger partial charge in [0.1, 0.15) is 11.5 Å². The van der Waals surface area contributed by atoms with Crippen LogP contribution in [0.15, 0.2) is 29.5 Å². The molecule has 5 heterocycles. The number of aliphatic imine (C=N–C) groups is 1. The van der Waals surface area contributed by atoms with E-state index in [0.717, 1.165) is 63.4 Å². The van der Waals surface area contributed by atoms with Gasteiger partial charge in [-0.2, -0.15) is 4.98 Å². The summed E-state index contributed by atoms with van der Waals surface area (Å²) in [7, 11) is 2.15. The first kappa shape index (κ1) is 20.3. The Balaban J connectivity index is 1.24. The van der Waals surface area contributed by atoms with E-state index >= 15 is 0 Å². The van der Waals surface area contributed by atoms with Crippen LogP contribution in [0.1, 0.15) is 32.1 Å². The third kappa shape index (κ3) is 3.58. The number of rotatable bonds is 3. The second kappa shape index (κ2) is 7.95. The van der Waals surface area contributed by atoms with Gasteiger partial charge in [0.2, 0.25) is 5.95 Å². The van der Waals surface area contributed by atoms with Crippen molar-refractivity contribution in [1.82, 2.24) is 19.9 Å². The lowest BCUT2D eigenvalue weighted by Gasteiger charge is -2.43. The summed E-state index contributed by atoms with van der Waals surface area (Å²) in [6, 6.07) is 4.05. The number of hydrogen-bond acceptors (Lipinski definition) is 9. The van der Waals surface area contributed by atoms with Crippen molar-refractivity contribution >= 4 is 40.7 Å². The molecule has 2 aromatic heterocycles. The fraction of sp³-hybridized carbons (Fsp3) is 0.522. The average molecular weight is 448 g/mol. The van der Waals surface area contributed by atoms with Crippen molar-refractivity contribution in [2.45, 2.75) is 37.6 Å². The van der Waals surface area contributed by atoms with E-state index < -0.39 is 0 Å². The van der Waals surface area contributed by atoms with Crippen LogP contribution in [0.25, 0.3) is 0 Å². The SMILES string of the molecule is CN1CCN(c2ccc(Nc3ncc4c(n3)N3C(=NCC35CCCCC5)C(=O)N4)nc2)CC1. The monoisotopic (exact) mass is 447 g/mol. The number of anilines is 5. The number of likely N-dealkylation sites (N-methyl/N-ethyl adjacent to an activating group) is 1. The maximum atomic E-state index is 12.6. The van der Waals surface area contributed by atoms with E-state index in [-0.39, 0.29) is 11.4 Å². The Morgan fingerprint density at radius 3 is 2.61 bits per heavy atom. The molecule has 33 heavy (non-hydrogen) atoms. The van der Waals surface area contributed by atoms with Gasteiger partial charge in [0, 0.05) is 26.2 Å². The fourth-order valence-electron chi connectivity index (χ4n) is 5.37. The normalized spacial score (nSPS) is 22.0. The minimum absolute atomic E-state index is 0.145. The number of nitrogens with zero attached hydrogens (tertiary/aromatic N) is 7. The Kier molecular flexibility index (Phi) is 4.90. The number of carbonyl (C=O) groups is 1. The van der Waals surface area contributed by atoms with Crippen molar-refractivity contribution in [2.75, 3.05) is 60.2 Å². The van der Waals surface area contributed by atoms with Crippen LogP contribution in [0.3, 0.4) is 0 Å². The van der Waals surface area contributed by atoms with Crippen LogP contribution >= 0.6 is 0 Å². The number of piperazine rings is 1. The van der Waals surface area contributed by atoms with Gasteiger partial charge < -0.3 is 20.4 Å². The molecule has 0 radical (unpaired) electrons. The van der Waals surface area contributed by atoms with Gasteiger partial charge in [-0.25, -0.2) is 9.97 Å². The standard InChI is InChI=1S/C23H29N9O/c1-30-9-11-31(12-10-30)16-5-6-18(24-13-16)28-22-25-14-17-19(29-22)32-20(21(33)27-17)26-15-23(32)7-3-2-4-8-23/h5-6,13-14H,2-4,7-12,15H2,1H3,(H,27,33)(H,24,25,28,29). The first-order valence-corrected chi connectivity index (χ1v) is 11.8. The molecular weight excluding hydrogens is 418 g/mol. The van der Waals surface area contributed by atoms with Crippen molar-refractivity contribution in [3.8, 4) is 0 Å². The van der Waals surface area contributed by atoms with Crippen LogP contribution in [-0.2, 0) is 4.79 Å². The van der Waals surface area contributed by atoms with E-state index in [1.165, 1.54) is 6.42 Å². The third-order valence-electron chi connectivity index (χ3n) is 7.28. The highest BCUT2D eigenvalue weighted by Gasteiger charge is 2.49. The highest BCUT2D eigenvalue weighted by Crippen LogP contribution is 2.44. The molecule has 2 fully saturated rings. The van der Waals surface area contributed by atoms with E-state index in [1.54, 1.807) is 6.20 Å². The highest BCUT2D eigenvalue weighted by atomic mass is 16.2. The molecular formula is C23H29N9O. The molecule has 0 unspecified atom stereocenters. The van der Waals surface area contributed by atoms with Gasteiger partial charge >= 0.3 is 0 Å². The fourth-order valence-corrected chi connectivity index (χ4v) is 5.37. The number of aromatic nitrogens is 3. The highest BCUT2D eigenvalue weighted by molar-refractivity contribution is 6.49. The van der Waals surface area contributed by atoms with Gasteiger partial charge in [0.05, 0.1) is 30.2 Å². The minimum atomic E-state index is -0.171. The van der Waals surface area contributed by atoms with Gasteiger partial charge in [-0.1, -0.05) is 19.3 Å². The second-order valence-corrected chi connectivity index (χ2v) is 9.46. The summed E-state index contributed by atoms with van der Waals surface area (Å²) < 4.78 is 0. The molecule has 6 rings (SSSR count). The van der Waals surface area contributed by atoms with E-state index in [1.807, 2.05) is 12.3 Å². The van der Waals surface area contributed by atoms with E-state index in [9.17, 15) is 4.79 Å². The Bertz CT molecular complexity index is 1090. The molecule has 3 aliphatic heterocycles. The predicted octanol–water partition coefficient (Wildman–Crippen LogP) is 2.24. The van der Waals surface area contributed by atoms with Crippen LogP contribution in [0.2, 0.25) is 0 Å². The lowest BCUT2D eigenvalue weighted by Crippen LogP contribution is -2.56. The molecule has 0 aromatic carbocycles. The summed E-state index contributed by atoms with van der Waals surface area (Å²) in [6.07, 6.45) is 9.15. The average Bonchev–Trinajstić information content (AvgIpc) is 3.20. The topological polar surface area (TPSA) is 102 Å². The smallest absolute Gasteiger partial charge is 0.291 e. The predicted molar refractivity (Wildman–Crippen MR) is 128 cm³/mol. The summed E-state index contributed by atoms with van der Waals surface area (Å²) in [5.74, 6) is 2.18. The maximum Gasteiger partial charge on any atom is 0.291 e. The molecule has 0 atom stereocenters. The van der Waals surface area contributed by atoms with Crippen molar-refractivity contribution in [2.24, 2.45) is 4.99 Å². The zero-order valence-corrected chi connectivity index (χ0v) is 18.9. The lowest BCUT2D eigenvalue weighted by atomic mass is 9.80. The van der Waals surface area contributed by atoms with Crippen molar-refractivity contribution < 1.29 is 4.79 Å². The number of pyridine rings is 1. The van der Waals surface area contributed by atoms with Crippen LogP contribution in [0, 0.1) is 0 Å². The zero-order chi connectivity index (χ0) is 22.4. The summed E-state index contributed by atoms with van der Waals surface area (Å²) in [5, 5.41) is 6.14. The minimum Gasteiger partial charge on any atom is -0.368 e. The Hall–Kier alpha value is -3.27. The van der Waals surface area contributed by atoms with Crippen LogP contribution in [-0.4, -0.2) is 76.9 Å². The molecule has 1 saturated heterocycles. The van der Waals surface area contributed by atoms with Gasteiger partial charge in [0.25, 0.3) is 5.91 Å². The lowest BCUT2D eigenvalue weighted by molar-refractivity contribution is -0.110. The van der Waals surface area contributed by atoms with E-state index in [4.69, 9.17) is 4.98 Å². The molecule has 172 valence electrons. The molecule has 1 amide bonds. The number of fused-ring (bicyclic) bond motifs is 4. The van der Waals surface area contributed by atoms with Gasteiger partial charge in [-0.3, -0.25) is 14.7 Å². The van der Waals surface area contributed by atoms with E-state index in [2.05, 4.69) is 53.4 Å². The van der Waals surface area contributed by atoms with E-state index in [0.29, 0.717) is 29.8 Å². The first-order valence-electron chi connectivity index (χ1n) is 11.8. The molecule has 1 saturated carbocycles. The maximum absolute atomic E-state index is 12.6. The largest absolute Gasteiger partial charge is 0.368 e. The number of amidine groups is 1. The van der Waals surface area contributed by atoms with Crippen LogP contribution in [0.5, 0.6) is 0 Å². The molecule has 2 N–H and O–H groups in total. The number of amides is 1. The van der Waals surface area contributed by atoms with Gasteiger partial charge in [-0.15, -0.1) is 0 Å². The molecule has 4 aliphatic rings. The molecule has 1 aliphatic carbocycles. The molecule has 10 nitrogen and oxygen atoms in total. The van der Waals surface area contributed by atoms with Crippen molar-refractivity contribution in [3.05, 3.63) is 24.5 Å². The number of carbonyl (C=O) groups excluding carboxylic acids is 1. The second-order valence-electron chi connectivity index (χ2n) is 9.46. The molecule has 2 aromatic rings. The van der Waals surface area contributed by atoms with Gasteiger partial charge in [-0.05, 0) is 32.0 Å². The van der Waals surface area contributed by atoms with Crippen LogP contribution < -0.4 is 20.4 Å². The third-order valence-corrected chi connectivity index (χ3v) is 7.28. The molecule has 1 spiro atoms. The van der Waals surface area contributed by atoms with Crippen molar-refractivity contribution in [3.63, 3.8) is 0 Å². The quantitative estimate of drug-likeness (QED) is 0.739. The number of nitrogens with one attached hydrogen (secondary N) is 2. The molecule has 10 heteroatoms. The van der Waals surface area contributed by atoms with Gasteiger partial charge in [0.15, 0.2) is 11.7 Å². The van der Waals surface area contributed by atoms with Crippen molar-refractivity contribution in [1.29, 1.82) is 0 Å². The summed E-state index contributed by atoms with van der Waals surface area (Å²) in [4.78, 5) is 37.9. The van der Waals surface area contributed by atoms with Crippen LogP contribution in [0.4, 0.5) is 29.0 Å². The summed E-state index contributed by atoms with van der Waals surface area (Å²) in [6.45, 7) is 4.78. The Labute approximate surface area is 193 Å². The summed E-state index contributed by atoms with van der Waals surface area (Å²) in [5.41, 5.74) is 1.61.